The summed E-state index contributed by atoms with van der Waals surface area (Å²) in [5.74, 6) is 0. The van der Waals surface area contributed by atoms with E-state index in [9.17, 15) is 0 Å². The molecule has 0 amide bonds. The van der Waals surface area contributed by atoms with E-state index in [2.05, 4.69) is 42.0 Å². The van der Waals surface area contributed by atoms with Gasteiger partial charge in [-0.1, -0.05) is 68.2 Å². The molecule has 0 spiro atoms. The zero-order chi connectivity index (χ0) is 23.4. The van der Waals surface area contributed by atoms with E-state index in [0.29, 0.717) is 20.3 Å². The fourth-order valence-corrected chi connectivity index (χ4v) is 5.62. The lowest BCUT2D eigenvalue weighted by Gasteiger charge is -2.47. The van der Waals surface area contributed by atoms with Gasteiger partial charge in [-0.25, -0.2) is 0 Å². The molecule has 0 saturated heterocycles. The Labute approximate surface area is 211 Å². The molecule has 2 aromatic carbocycles. The van der Waals surface area contributed by atoms with Gasteiger partial charge in [-0.3, -0.25) is 0 Å². The Hall–Kier alpha value is -1.60. The summed E-state index contributed by atoms with van der Waals surface area (Å²) in [6.45, 7) is 7.68. The number of hydrogen-bond acceptors (Lipinski definition) is 2. The van der Waals surface area contributed by atoms with Gasteiger partial charge in [0.2, 0.25) is 0 Å². The van der Waals surface area contributed by atoms with E-state index in [1.54, 1.807) is 0 Å². The summed E-state index contributed by atoms with van der Waals surface area (Å²) in [6.07, 6.45) is 3.10. The lowest BCUT2D eigenvalue weighted by Crippen LogP contribution is -2.51. The Kier molecular flexibility index (Phi) is 8.26. The smallest absolute Gasteiger partial charge is 0.171 e. The van der Waals surface area contributed by atoms with Crippen LogP contribution in [0.1, 0.15) is 40.0 Å². The molecule has 0 heterocycles. The number of para-hydroxylation sites is 2. The highest BCUT2D eigenvalue weighted by Crippen LogP contribution is 2.45. The average molecular weight is 510 g/mol. The predicted octanol–water partition coefficient (Wildman–Crippen LogP) is 6.85. The molecule has 0 radical (unpaired) electrons. The van der Waals surface area contributed by atoms with Gasteiger partial charge in [0.25, 0.3) is 0 Å². The largest absolute Gasteiger partial charge is 0.362 e. The topological polar surface area (TPSA) is 48.1 Å². The van der Waals surface area contributed by atoms with Crippen LogP contribution in [0.4, 0.5) is 11.4 Å². The second-order valence-corrected chi connectivity index (χ2v) is 11.3. The van der Waals surface area contributed by atoms with Crippen molar-refractivity contribution in [3.05, 3.63) is 58.6 Å². The third-order valence-corrected chi connectivity index (χ3v) is 6.82. The molecule has 172 valence electrons. The fraction of sp³-hybridized carbons (Fsp3) is 0.417. The van der Waals surface area contributed by atoms with Gasteiger partial charge in [0.05, 0.1) is 21.4 Å². The highest BCUT2D eigenvalue weighted by Gasteiger charge is 2.41. The average Bonchev–Trinajstić information content (AvgIpc) is 2.68. The van der Waals surface area contributed by atoms with Crippen molar-refractivity contribution < 1.29 is 0 Å². The van der Waals surface area contributed by atoms with Crippen molar-refractivity contribution in [3.8, 4) is 0 Å². The number of nitrogens with one attached hydrogen (secondary N) is 4. The third kappa shape index (κ3) is 7.20. The first-order valence-electron chi connectivity index (χ1n) is 10.7. The number of halogens is 2. The normalized spacial score (nSPS) is 22.0. The van der Waals surface area contributed by atoms with Crippen molar-refractivity contribution in [2.24, 2.45) is 10.8 Å². The maximum absolute atomic E-state index is 6.26. The standard InChI is InChI=1S/C24H30Cl2N4S2/c1-23(2)12-16(28-22(32)30-20-11-7-5-9-18(20)26)13-24(3,14-23)15-27-21(31)29-19-10-6-4-8-17(19)25/h4-11,16H,12-15H2,1-3H3,(H2,27,29,31)(H2,28,30,32)/t16-,24+/m0/s1. The van der Waals surface area contributed by atoms with Crippen LogP contribution in [0.2, 0.25) is 10.0 Å². The second kappa shape index (κ2) is 10.6. The number of anilines is 2. The highest BCUT2D eigenvalue weighted by molar-refractivity contribution is 7.80. The highest BCUT2D eigenvalue weighted by atomic mass is 35.5. The monoisotopic (exact) mass is 508 g/mol. The first-order chi connectivity index (χ1) is 15.1. The van der Waals surface area contributed by atoms with E-state index in [0.717, 1.165) is 37.2 Å². The Bertz CT molecular complexity index is 982. The van der Waals surface area contributed by atoms with E-state index in [-0.39, 0.29) is 16.9 Å². The molecule has 0 unspecified atom stereocenters. The molecule has 4 N–H and O–H groups in total. The van der Waals surface area contributed by atoms with Gasteiger partial charge in [0.15, 0.2) is 10.2 Å². The first kappa shape index (κ1) is 25.0. The van der Waals surface area contributed by atoms with Crippen molar-refractivity contribution in [3.63, 3.8) is 0 Å². The van der Waals surface area contributed by atoms with Crippen molar-refractivity contribution in [1.29, 1.82) is 0 Å². The molecule has 1 aliphatic carbocycles. The van der Waals surface area contributed by atoms with E-state index >= 15 is 0 Å². The van der Waals surface area contributed by atoms with Crippen LogP contribution in [-0.4, -0.2) is 22.8 Å². The first-order valence-corrected chi connectivity index (χ1v) is 12.2. The lowest BCUT2D eigenvalue weighted by molar-refractivity contribution is 0.0807. The van der Waals surface area contributed by atoms with Gasteiger partial charge in [-0.2, -0.15) is 0 Å². The minimum atomic E-state index is 0.0473. The van der Waals surface area contributed by atoms with Crippen LogP contribution >= 0.6 is 47.6 Å². The van der Waals surface area contributed by atoms with Gasteiger partial charge in [0.1, 0.15) is 0 Å². The van der Waals surface area contributed by atoms with E-state index in [1.165, 1.54) is 0 Å². The minimum absolute atomic E-state index is 0.0473. The fourth-order valence-electron chi connectivity index (χ4n) is 4.80. The Morgan fingerprint density at radius 1 is 0.875 bits per heavy atom. The quantitative estimate of drug-likeness (QED) is 0.331. The Morgan fingerprint density at radius 3 is 1.97 bits per heavy atom. The van der Waals surface area contributed by atoms with E-state index in [4.69, 9.17) is 47.6 Å². The van der Waals surface area contributed by atoms with E-state index < -0.39 is 0 Å². The molecule has 1 saturated carbocycles. The number of rotatable bonds is 5. The van der Waals surface area contributed by atoms with Gasteiger partial charge in [0, 0.05) is 12.6 Å². The van der Waals surface area contributed by atoms with Crippen molar-refractivity contribution in [2.75, 3.05) is 17.2 Å². The number of hydrogen-bond donors (Lipinski definition) is 4. The molecule has 3 rings (SSSR count). The number of thiocarbonyl (C=S) groups is 2. The molecule has 8 heteroatoms. The minimum Gasteiger partial charge on any atom is -0.362 e. The van der Waals surface area contributed by atoms with Crippen LogP contribution < -0.4 is 21.3 Å². The van der Waals surface area contributed by atoms with Crippen LogP contribution in [0.15, 0.2) is 48.5 Å². The van der Waals surface area contributed by atoms with Crippen LogP contribution in [0, 0.1) is 10.8 Å². The zero-order valence-electron chi connectivity index (χ0n) is 18.6. The maximum Gasteiger partial charge on any atom is 0.171 e. The summed E-state index contributed by atoms with van der Waals surface area (Å²) < 4.78 is 0. The molecule has 1 fully saturated rings. The summed E-state index contributed by atoms with van der Waals surface area (Å²) >= 11 is 23.6. The van der Waals surface area contributed by atoms with Crippen molar-refractivity contribution in [2.45, 2.75) is 46.1 Å². The molecule has 2 aromatic rings. The summed E-state index contributed by atoms with van der Waals surface area (Å²) in [6, 6.07) is 15.4. The van der Waals surface area contributed by atoms with Crippen LogP contribution in [0.25, 0.3) is 0 Å². The second-order valence-electron chi connectivity index (χ2n) is 9.62. The lowest BCUT2D eigenvalue weighted by atomic mass is 9.62. The van der Waals surface area contributed by atoms with Crippen molar-refractivity contribution >= 4 is 69.2 Å². The van der Waals surface area contributed by atoms with Gasteiger partial charge < -0.3 is 21.3 Å². The molecule has 4 nitrogen and oxygen atoms in total. The zero-order valence-corrected chi connectivity index (χ0v) is 21.7. The van der Waals surface area contributed by atoms with Crippen LogP contribution in [0.3, 0.4) is 0 Å². The molecular formula is C24H30Cl2N4S2. The molecule has 2 atom stereocenters. The SMILES string of the molecule is CC1(C)C[C@H](NC(=S)Nc2ccccc2Cl)C[C@@](C)(CNC(=S)Nc2ccccc2Cl)C1. The molecule has 0 aliphatic heterocycles. The maximum atomic E-state index is 6.26. The molecule has 0 bridgehead atoms. The predicted molar refractivity (Wildman–Crippen MR) is 146 cm³/mol. The van der Waals surface area contributed by atoms with Gasteiger partial charge >= 0.3 is 0 Å². The van der Waals surface area contributed by atoms with Gasteiger partial charge in [-0.05, 0) is 78.8 Å². The summed E-state index contributed by atoms with van der Waals surface area (Å²) in [7, 11) is 0. The van der Waals surface area contributed by atoms with Crippen LogP contribution in [0.5, 0.6) is 0 Å². The molecular weight excluding hydrogens is 479 g/mol. The molecule has 0 aromatic heterocycles. The summed E-state index contributed by atoms with van der Waals surface area (Å²) in [5.41, 5.74) is 1.83. The Balaban J connectivity index is 1.58. The third-order valence-electron chi connectivity index (χ3n) is 5.70. The van der Waals surface area contributed by atoms with Crippen molar-refractivity contribution in [1.82, 2.24) is 10.6 Å². The van der Waals surface area contributed by atoms with Gasteiger partial charge in [-0.15, -0.1) is 0 Å². The summed E-state index contributed by atoms with van der Waals surface area (Å²) in [5, 5.41) is 15.8. The van der Waals surface area contributed by atoms with Crippen LogP contribution in [-0.2, 0) is 0 Å². The molecule has 1 aliphatic rings. The number of benzene rings is 2. The summed E-state index contributed by atoms with van der Waals surface area (Å²) in [4.78, 5) is 0. The molecule has 32 heavy (non-hydrogen) atoms. The Morgan fingerprint density at radius 2 is 1.41 bits per heavy atom. The van der Waals surface area contributed by atoms with E-state index in [1.807, 2.05) is 48.5 Å².